The molecule has 0 aliphatic carbocycles. The van der Waals surface area contributed by atoms with Gasteiger partial charge in [0.05, 0.1) is 24.6 Å². The van der Waals surface area contributed by atoms with Gasteiger partial charge in [-0.3, -0.25) is 0 Å². The number of methoxy groups -OCH3 is 1. The van der Waals surface area contributed by atoms with Gasteiger partial charge in [-0.1, -0.05) is 0 Å². The number of thioether (sulfide) groups is 2. The number of carbonyl (C=O) groups is 1. The molecule has 1 atom stereocenters. The van der Waals surface area contributed by atoms with Crippen molar-refractivity contribution < 1.29 is 9.53 Å². The maximum atomic E-state index is 11.7. The van der Waals surface area contributed by atoms with Crippen molar-refractivity contribution in [3.05, 3.63) is 17.8 Å². The second-order valence-electron chi connectivity index (χ2n) is 4.09. The highest BCUT2D eigenvalue weighted by atomic mass is 32.2. The van der Waals surface area contributed by atoms with Crippen molar-refractivity contribution in [1.29, 1.82) is 0 Å². The summed E-state index contributed by atoms with van der Waals surface area (Å²) in [5, 5.41) is 3.83. The van der Waals surface area contributed by atoms with Gasteiger partial charge in [0.25, 0.3) is 0 Å². The summed E-state index contributed by atoms with van der Waals surface area (Å²) in [7, 11) is 1.36. The van der Waals surface area contributed by atoms with Crippen LogP contribution in [0.3, 0.4) is 0 Å². The minimum atomic E-state index is -0.401. The van der Waals surface area contributed by atoms with Crippen LogP contribution in [0.2, 0.25) is 0 Å². The molecule has 7 heteroatoms. The van der Waals surface area contributed by atoms with Crippen LogP contribution in [0.5, 0.6) is 0 Å². The summed E-state index contributed by atoms with van der Waals surface area (Å²) in [4.78, 5) is 15.7. The number of nitrogen functional groups attached to an aromatic ring is 1. The van der Waals surface area contributed by atoms with Crippen LogP contribution in [-0.4, -0.2) is 47.1 Å². The quantitative estimate of drug-likeness (QED) is 0.819. The number of nitrogens with two attached hydrogens (primary N) is 1. The molecule has 3 N–H and O–H groups in total. The van der Waals surface area contributed by atoms with E-state index in [9.17, 15) is 4.79 Å². The molecular formula is C12H17N3O2S2. The molecule has 2 rings (SSSR count). The van der Waals surface area contributed by atoms with E-state index >= 15 is 0 Å². The summed E-state index contributed by atoms with van der Waals surface area (Å²) < 4.78 is 4.75. The Morgan fingerprint density at radius 1 is 1.63 bits per heavy atom. The molecule has 1 unspecified atom stereocenters. The SMILES string of the molecule is COC(=O)c1cc(N)ncc1NCC1CSCCS1. The van der Waals surface area contributed by atoms with Crippen molar-refractivity contribution in [1.82, 2.24) is 4.98 Å². The highest BCUT2D eigenvalue weighted by molar-refractivity contribution is 8.06. The van der Waals surface area contributed by atoms with E-state index in [2.05, 4.69) is 10.3 Å². The Labute approximate surface area is 121 Å². The lowest BCUT2D eigenvalue weighted by Gasteiger charge is -2.22. The molecule has 0 bridgehead atoms. The van der Waals surface area contributed by atoms with Crippen LogP contribution < -0.4 is 11.1 Å². The van der Waals surface area contributed by atoms with Gasteiger partial charge in [-0.15, -0.1) is 0 Å². The first kappa shape index (κ1) is 14.3. The van der Waals surface area contributed by atoms with Gasteiger partial charge < -0.3 is 15.8 Å². The maximum absolute atomic E-state index is 11.7. The third-order valence-corrected chi connectivity index (χ3v) is 5.58. The van der Waals surface area contributed by atoms with E-state index in [1.807, 2.05) is 23.5 Å². The number of nitrogens with zero attached hydrogens (tertiary/aromatic N) is 1. The van der Waals surface area contributed by atoms with Crippen molar-refractivity contribution in [2.75, 3.05) is 42.0 Å². The molecule has 1 aliphatic rings. The lowest BCUT2D eigenvalue weighted by molar-refractivity contribution is 0.0602. The molecule has 19 heavy (non-hydrogen) atoms. The van der Waals surface area contributed by atoms with Crippen molar-refractivity contribution >= 4 is 41.0 Å². The lowest BCUT2D eigenvalue weighted by atomic mass is 10.2. The number of esters is 1. The Kier molecular flexibility index (Phi) is 5.21. The zero-order valence-corrected chi connectivity index (χ0v) is 12.4. The highest BCUT2D eigenvalue weighted by Crippen LogP contribution is 2.25. The number of hydrogen-bond donors (Lipinski definition) is 2. The molecule has 2 heterocycles. The molecule has 104 valence electrons. The number of anilines is 2. The topological polar surface area (TPSA) is 77.2 Å². The van der Waals surface area contributed by atoms with Crippen LogP contribution in [0, 0.1) is 0 Å². The van der Waals surface area contributed by atoms with Crippen LogP contribution in [0.4, 0.5) is 11.5 Å². The second-order valence-corrected chi connectivity index (χ2v) is 6.65. The normalized spacial score (nSPS) is 18.9. The fourth-order valence-corrected chi connectivity index (χ4v) is 4.38. The average Bonchev–Trinajstić information content (AvgIpc) is 2.46. The number of carbonyl (C=O) groups excluding carboxylic acids is 1. The van der Waals surface area contributed by atoms with Crippen LogP contribution in [0.25, 0.3) is 0 Å². The summed E-state index contributed by atoms with van der Waals surface area (Å²) in [6, 6.07) is 1.54. The van der Waals surface area contributed by atoms with Gasteiger partial charge in [-0.25, -0.2) is 9.78 Å². The number of hydrogen-bond acceptors (Lipinski definition) is 7. The van der Waals surface area contributed by atoms with Crippen molar-refractivity contribution in [3.63, 3.8) is 0 Å². The first-order chi connectivity index (χ1) is 9.20. The Morgan fingerprint density at radius 3 is 3.16 bits per heavy atom. The van der Waals surface area contributed by atoms with Gasteiger partial charge in [0.1, 0.15) is 5.82 Å². The van der Waals surface area contributed by atoms with E-state index in [1.54, 1.807) is 6.20 Å². The Morgan fingerprint density at radius 2 is 2.47 bits per heavy atom. The zero-order chi connectivity index (χ0) is 13.7. The molecule has 5 nitrogen and oxygen atoms in total. The largest absolute Gasteiger partial charge is 0.465 e. The van der Waals surface area contributed by atoms with E-state index in [1.165, 1.54) is 24.7 Å². The van der Waals surface area contributed by atoms with Crippen LogP contribution in [0.1, 0.15) is 10.4 Å². The van der Waals surface area contributed by atoms with Crippen LogP contribution >= 0.6 is 23.5 Å². The fourth-order valence-electron chi connectivity index (χ4n) is 1.77. The summed E-state index contributed by atoms with van der Waals surface area (Å²) in [5.74, 6) is 3.45. The number of pyridine rings is 1. The van der Waals surface area contributed by atoms with Gasteiger partial charge in [0, 0.05) is 29.1 Å². The average molecular weight is 299 g/mol. The number of rotatable bonds is 4. The maximum Gasteiger partial charge on any atom is 0.340 e. The van der Waals surface area contributed by atoms with Gasteiger partial charge in [-0.2, -0.15) is 23.5 Å². The fraction of sp³-hybridized carbons (Fsp3) is 0.500. The van der Waals surface area contributed by atoms with E-state index in [-0.39, 0.29) is 0 Å². The molecule has 0 radical (unpaired) electrons. The molecule has 1 fully saturated rings. The van der Waals surface area contributed by atoms with Gasteiger partial charge in [-0.05, 0) is 6.07 Å². The van der Waals surface area contributed by atoms with Crippen LogP contribution in [0.15, 0.2) is 12.3 Å². The molecule has 0 saturated carbocycles. The minimum Gasteiger partial charge on any atom is -0.465 e. The molecule has 1 aliphatic heterocycles. The summed E-state index contributed by atoms with van der Waals surface area (Å²) in [6.07, 6.45) is 1.59. The van der Waals surface area contributed by atoms with Crippen molar-refractivity contribution in [2.24, 2.45) is 0 Å². The van der Waals surface area contributed by atoms with E-state index in [0.717, 1.165) is 12.3 Å². The summed E-state index contributed by atoms with van der Waals surface area (Å²) in [5.41, 5.74) is 6.72. The van der Waals surface area contributed by atoms with Crippen molar-refractivity contribution in [3.8, 4) is 0 Å². The second kappa shape index (κ2) is 6.91. The van der Waals surface area contributed by atoms with Gasteiger partial charge in [0.2, 0.25) is 0 Å². The van der Waals surface area contributed by atoms with E-state index < -0.39 is 5.97 Å². The Balaban J connectivity index is 2.04. The molecule has 1 aromatic rings. The molecule has 1 saturated heterocycles. The number of aromatic nitrogens is 1. The standard InChI is InChI=1S/C12H17N3O2S2/c1-17-12(16)9-4-11(13)15-6-10(9)14-5-8-7-18-2-3-19-8/h4,6,8,14H,2-3,5,7H2,1H3,(H2,13,15). The van der Waals surface area contributed by atoms with Gasteiger partial charge >= 0.3 is 5.97 Å². The van der Waals surface area contributed by atoms with E-state index in [0.29, 0.717) is 22.3 Å². The monoisotopic (exact) mass is 299 g/mol. The minimum absolute atomic E-state index is 0.313. The predicted molar refractivity (Wildman–Crippen MR) is 82.0 cm³/mol. The van der Waals surface area contributed by atoms with Crippen LogP contribution in [-0.2, 0) is 4.74 Å². The summed E-state index contributed by atoms with van der Waals surface area (Å²) in [6.45, 7) is 0.813. The molecule has 0 spiro atoms. The molecule has 0 amide bonds. The number of nitrogens with one attached hydrogen (secondary N) is 1. The van der Waals surface area contributed by atoms with E-state index in [4.69, 9.17) is 10.5 Å². The van der Waals surface area contributed by atoms with Crippen molar-refractivity contribution in [2.45, 2.75) is 5.25 Å². The first-order valence-electron chi connectivity index (χ1n) is 5.97. The molecule has 0 aromatic carbocycles. The molecular weight excluding hydrogens is 282 g/mol. The third kappa shape index (κ3) is 3.94. The summed E-state index contributed by atoms with van der Waals surface area (Å²) >= 11 is 3.93. The van der Waals surface area contributed by atoms with Gasteiger partial charge in [0.15, 0.2) is 0 Å². The Bertz CT molecular complexity index is 451. The predicted octanol–water partition coefficient (Wildman–Crippen LogP) is 1.71. The lowest BCUT2D eigenvalue weighted by Crippen LogP contribution is -2.24. The third-order valence-electron chi connectivity index (χ3n) is 2.74. The number of ether oxygens (including phenoxy) is 1. The zero-order valence-electron chi connectivity index (χ0n) is 10.7. The smallest absolute Gasteiger partial charge is 0.340 e. The highest BCUT2D eigenvalue weighted by Gasteiger charge is 2.17. The Hall–Kier alpha value is -1.08. The molecule has 1 aromatic heterocycles. The first-order valence-corrected chi connectivity index (χ1v) is 8.18.